The Morgan fingerprint density at radius 1 is 0.902 bits per heavy atom. The number of aryl methyl sites for hydroxylation is 1. The maximum absolute atomic E-state index is 15.4. The van der Waals surface area contributed by atoms with Crippen molar-refractivity contribution in [3.05, 3.63) is 132 Å². The lowest BCUT2D eigenvalue weighted by Gasteiger charge is -2.28. The number of benzene rings is 3. The predicted molar refractivity (Wildman–Crippen MR) is 154 cm³/mol. The van der Waals surface area contributed by atoms with Crippen molar-refractivity contribution >= 4 is 17.5 Å². The molecule has 0 fully saturated rings. The summed E-state index contributed by atoms with van der Waals surface area (Å²) in [6.45, 7) is 0. The van der Waals surface area contributed by atoms with Gasteiger partial charge in [0.05, 0.1) is 19.0 Å². The normalized spacial score (nSPS) is 11.6. The summed E-state index contributed by atoms with van der Waals surface area (Å²) in [6.07, 6.45) is 4.64. The van der Waals surface area contributed by atoms with E-state index < -0.39 is 29.6 Å². The maximum atomic E-state index is 15.4. The first kappa shape index (κ1) is 27.3. The number of hydrogen-bond acceptors (Lipinski definition) is 5. The van der Waals surface area contributed by atoms with Gasteiger partial charge in [-0.1, -0.05) is 66.7 Å². The second kappa shape index (κ2) is 12.3. The quantitative estimate of drug-likeness (QED) is 0.263. The lowest BCUT2D eigenvalue weighted by atomic mass is 9.84. The van der Waals surface area contributed by atoms with Gasteiger partial charge in [-0.05, 0) is 41.0 Å². The van der Waals surface area contributed by atoms with Crippen LogP contribution < -0.4 is 15.4 Å². The van der Waals surface area contributed by atoms with E-state index in [1.807, 2.05) is 60.7 Å². The average Bonchev–Trinajstić information content (AvgIpc) is 3.44. The topological polar surface area (TPSA) is 98.1 Å². The molecule has 0 saturated heterocycles. The molecule has 0 bridgehead atoms. The Bertz CT molecular complexity index is 1620. The number of rotatable bonds is 9. The molecule has 5 aromatic rings. The third-order valence-corrected chi connectivity index (χ3v) is 6.82. The molecule has 0 unspecified atom stereocenters. The second-order valence-corrected chi connectivity index (χ2v) is 9.35. The van der Waals surface area contributed by atoms with Gasteiger partial charge in [-0.25, -0.2) is 4.39 Å². The molecule has 5 rings (SSSR count). The van der Waals surface area contributed by atoms with E-state index in [0.29, 0.717) is 16.9 Å². The fraction of sp³-hybridized carbons (Fsp3) is 0.125. The van der Waals surface area contributed by atoms with E-state index >= 15 is 4.39 Å². The van der Waals surface area contributed by atoms with E-state index in [-0.39, 0.29) is 11.4 Å². The minimum Gasteiger partial charge on any atom is -0.494 e. The molecule has 1 atom stereocenters. The van der Waals surface area contributed by atoms with Crippen molar-refractivity contribution in [2.45, 2.75) is 12.0 Å². The van der Waals surface area contributed by atoms with Crippen LogP contribution in [0.4, 0.5) is 10.1 Å². The molecule has 206 valence electrons. The van der Waals surface area contributed by atoms with Gasteiger partial charge < -0.3 is 15.4 Å². The molecular weight excluding hydrogens is 521 g/mol. The third-order valence-electron chi connectivity index (χ3n) is 6.82. The summed E-state index contributed by atoms with van der Waals surface area (Å²) in [5, 5.41) is 9.67. The highest BCUT2D eigenvalue weighted by atomic mass is 19.1. The zero-order chi connectivity index (χ0) is 28.8. The number of carbonyl (C=O) groups excluding carboxylic acids is 2. The van der Waals surface area contributed by atoms with Gasteiger partial charge in [0, 0.05) is 30.9 Å². The van der Waals surface area contributed by atoms with Crippen molar-refractivity contribution in [1.82, 2.24) is 20.1 Å². The van der Waals surface area contributed by atoms with Crippen LogP contribution in [-0.2, 0) is 11.8 Å². The number of pyridine rings is 1. The Hall–Kier alpha value is -5.31. The van der Waals surface area contributed by atoms with Crippen molar-refractivity contribution in [3.63, 3.8) is 0 Å². The molecule has 41 heavy (non-hydrogen) atoms. The fourth-order valence-electron chi connectivity index (χ4n) is 4.79. The SMILES string of the molecule is COc1cnccc1-c1ccc(NC(=O)[C@@H](NC(=O)c2ccnn2C)C(c2ccccc2)c2ccccc2)c(F)c1. The fourth-order valence-corrected chi connectivity index (χ4v) is 4.79. The molecule has 8 nitrogen and oxygen atoms in total. The highest BCUT2D eigenvalue weighted by Gasteiger charge is 2.33. The maximum Gasteiger partial charge on any atom is 0.270 e. The number of amides is 2. The molecule has 0 aliphatic carbocycles. The standard InChI is InChI=1S/C32H28FN5O3/c1-38-27(16-18-35-38)31(39)37-30(29(21-9-5-3-6-10-21)22-11-7-4-8-12-22)32(40)36-26-14-13-23(19-25(26)33)24-15-17-34-20-28(24)41-2/h3-20,29-30H,1-2H3,(H,36,40)(H,37,39)/t30-/m0/s1. The smallest absolute Gasteiger partial charge is 0.270 e. The summed E-state index contributed by atoms with van der Waals surface area (Å²) >= 11 is 0. The van der Waals surface area contributed by atoms with Crippen molar-refractivity contribution in [3.8, 4) is 16.9 Å². The zero-order valence-electron chi connectivity index (χ0n) is 22.5. The summed E-state index contributed by atoms with van der Waals surface area (Å²) in [4.78, 5) is 31.3. The van der Waals surface area contributed by atoms with E-state index in [4.69, 9.17) is 4.74 Å². The minimum atomic E-state index is -1.10. The molecule has 2 N–H and O–H groups in total. The largest absolute Gasteiger partial charge is 0.494 e. The molecule has 0 radical (unpaired) electrons. The van der Waals surface area contributed by atoms with E-state index in [1.165, 1.54) is 30.1 Å². The predicted octanol–water partition coefficient (Wildman–Crippen LogP) is 5.20. The summed E-state index contributed by atoms with van der Waals surface area (Å²) in [5.74, 6) is -1.77. The number of aromatic nitrogens is 3. The molecule has 0 aliphatic heterocycles. The highest BCUT2D eigenvalue weighted by Crippen LogP contribution is 2.32. The molecular formula is C32H28FN5O3. The Morgan fingerprint density at radius 2 is 1.59 bits per heavy atom. The number of ether oxygens (including phenoxy) is 1. The Balaban J connectivity index is 1.51. The summed E-state index contributed by atoms with van der Waals surface area (Å²) in [7, 11) is 3.16. The molecule has 0 saturated carbocycles. The van der Waals surface area contributed by atoms with Crippen LogP contribution in [0.5, 0.6) is 5.75 Å². The van der Waals surface area contributed by atoms with Gasteiger partial charge in [-0.3, -0.25) is 19.3 Å². The van der Waals surface area contributed by atoms with Crippen LogP contribution >= 0.6 is 0 Å². The van der Waals surface area contributed by atoms with E-state index in [2.05, 4.69) is 20.7 Å². The number of methoxy groups -OCH3 is 1. The van der Waals surface area contributed by atoms with Crippen molar-refractivity contribution < 1.29 is 18.7 Å². The summed E-state index contributed by atoms with van der Waals surface area (Å²) in [5.41, 5.74) is 3.10. The molecule has 0 spiro atoms. The summed E-state index contributed by atoms with van der Waals surface area (Å²) < 4.78 is 22.2. The lowest BCUT2D eigenvalue weighted by Crippen LogP contribution is -2.48. The van der Waals surface area contributed by atoms with E-state index in [9.17, 15) is 9.59 Å². The van der Waals surface area contributed by atoms with Crippen LogP contribution in [0.1, 0.15) is 27.5 Å². The van der Waals surface area contributed by atoms with Gasteiger partial charge in [0.1, 0.15) is 23.3 Å². The molecule has 2 amide bonds. The Kier molecular flexibility index (Phi) is 8.15. The van der Waals surface area contributed by atoms with Gasteiger partial charge in [-0.2, -0.15) is 5.10 Å². The van der Waals surface area contributed by atoms with Gasteiger partial charge in [0.15, 0.2) is 0 Å². The first-order chi connectivity index (χ1) is 20.0. The van der Waals surface area contributed by atoms with Crippen LogP contribution in [0.15, 0.2) is 110 Å². The summed E-state index contributed by atoms with van der Waals surface area (Å²) in [6, 6.07) is 25.5. The molecule has 0 aliphatic rings. The van der Waals surface area contributed by atoms with Crippen LogP contribution in [0, 0.1) is 5.82 Å². The monoisotopic (exact) mass is 549 g/mol. The lowest BCUT2D eigenvalue weighted by molar-refractivity contribution is -0.118. The minimum absolute atomic E-state index is 0.0218. The van der Waals surface area contributed by atoms with Crippen LogP contribution in [-0.4, -0.2) is 39.7 Å². The molecule has 9 heteroatoms. The average molecular weight is 550 g/mol. The highest BCUT2D eigenvalue weighted by molar-refractivity contribution is 6.01. The van der Waals surface area contributed by atoms with Crippen LogP contribution in [0.2, 0.25) is 0 Å². The first-order valence-electron chi connectivity index (χ1n) is 12.9. The molecule has 2 heterocycles. The number of nitrogens with zero attached hydrogens (tertiary/aromatic N) is 3. The first-order valence-corrected chi connectivity index (χ1v) is 12.9. The van der Waals surface area contributed by atoms with Crippen molar-refractivity contribution in [2.75, 3.05) is 12.4 Å². The third kappa shape index (κ3) is 5.99. The van der Waals surface area contributed by atoms with Crippen LogP contribution in [0.25, 0.3) is 11.1 Å². The van der Waals surface area contributed by atoms with Crippen molar-refractivity contribution in [1.29, 1.82) is 0 Å². The number of halogens is 1. The number of anilines is 1. The molecule has 3 aromatic carbocycles. The number of carbonyl (C=O) groups is 2. The number of hydrogen-bond donors (Lipinski definition) is 2. The van der Waals surface area contributed by atoms with Gasteiger partial charge >= 0.3 is 0 Å². The number of nitrogens with one attached hydrogen (secondary N) is 2. The van der Waals surface area contributed by atoms with E-state index in [0.717, 1.165) is 11.1 Å². The van der Waals surface area contributed by atoms with Gasteiger partial charge in [-0.15, -0.1) is 0 Å². The van der Waals surface area contributed by atoms with Gasteiger partial charge in [0.2, 0.25) is 5.91 Å². The Morgan fingerprint density at radius 3 is 2.17 bits per heavy atom. The van der Waals surface area contributed by atoms with Crippen LogP contribution in [0.3, 0.4) is 0 Å². The Labute approximate surface area is 236 Å². The van der Waals surface area contributed by atoms with Crippen molar-refractivity contribution in [2.24, 2.45) is 7.05 Å². The van der Waals surface area contributed by atoms with E-state index in [1.54, 1.807) is 37.6 Å². The molecule has 2 aromatic heterocycles. The second-order valence-electron chi connectivity index (χ2n) is 9.35. The van der Waals surface area contributed by atoms with Gasteiger partial charge in [0.25, 0.3) is 5.91 Å². The zero-order valence-corrected chi connectivity index (χ0v) is 22.5.